The van der Waals surface area contributed by atoms with Crippen molar-refractivity contribution in [2.24, 2.45) is 0 Å². The van der Waals surface area contributed by atoms with Crippen LogP contribution in [0.1, 0.15) is 39.3 Å². The van der Waals surface area contributed by atoms with Gasteiger partial charge in [-0.15, -0.1) is 0 Å². The van der Waals surface area contributed by atoms with E-state index in [1.807, 2.05) is 0 Å². The molecule has 1 atom stereocenters. The molecule has 0 amide bonds. The zero-order valence-corrected chi connectivity index (χ0v) is 13.2. The summed E-state index contributed by atoms with van der Waals surface area (Å²) in [5.74, 6) is 0. The van der Waals surface area contributed by atoms with Crippen molar-refractivity contribution in [3.63, 3.8) is 0 Å². The van der Waals surface area contributed by atoms with Crippen molar-refractivity contribution in [2.45, 2.75) is 45.4 Å². The van der Waals surface area contributed by atoms with Gasteiger partial charge >= 0.3 is 0 Å². The Morgan fingerprint density at radius 2 is 2.00 bits per heavy atom. The van der Waals surface area contributed by atoms with Gasteiger partial charge in [0.25, 0.3) is 0 Å². The Morgan fingerprint density at radius 1 is 1.30 bits per heavy atom. The van der Waals surface area contributed by atoms with Crippen LogP contribution in [0.2, 0.25) is 0 Å². The third kappa shape index (κ3) is 4.05. The number of rotatable bonds is 5. The van der Waals surface area contributed by atoms with E-state index in [1.54, 1.807) is 0 Å². The van der Waals surface area contributed by atoms with Crippen molar-refractivity contribution in [3.05, 3.63) is 35.9 Å². The molecule has 1 aromatic rings. The molecule has 112 valence electrons. The first-order valence-corrected chi connectivity index (χ1v) is 7.64. The molecule has 0 spiro atoms. The van der Waals surface area contributed by atoms with Crippen LogP contribution in [0.5, 0.6) is 0 Å². The summed E-state index contributed by atoms with van der Waals surface area (Å²) in [5.41, 5.74) is 1.56. The van der Waals surface area contributed by atoms with Crippen molar-refractivity contribution in [1.82, 2.24) is 10.2 Å². The summed E-state index contributed by atoms with van der Waals surface area (Å²) >= 11 is 0. The smallest absolute Gasteiger partial charge is 0.0597 e. The third-order valence-corrected chi connectivity index (χ3v) is 4.05. The van der Waals surface area contributed by atoms with Crippen LogP contribution < -0.4 is 5.32 Å². The highest BCUT2D eigenvalue weighted by atomic mass is 16.5. The molecule has 1 fully saturated rings. The topological polar surface area (TPSA) is 24.5 Å². The van der Waals surface area contributed by atoms with Gasteiger partial charge in [-0.25, -0.2) is 0 Å². The van der Waals surface area contributed by atoms with E-state index in [2.05, 4.69) is 68.2 Å². The molecule has 1 aromatic carbocycles. The lowest BCUT2D eigenvalue weighted by molar-refractivity contribution is 0.0108. The molecular formula is C17H28N2O. The minimum absolute atomic E-state index is 0.186. The molecule has 1 N–H and O–H groups in total. The Bertz CT molecular complexity index is 403. The van der Waals surface area contributed by atoms with E-state index in [0.717, 1.165) is 26.2 Å². The fraction of sp³-hybridized carbons (Fsp3) is 0.647. The van der Waals surface area contributed by atoms with Gasteiger partial charge in [0.15, 0.2) is 0 Å². The largest absolute Gasteiger partial charge is 0.377 e. The number of ether oxygens (including phenoxy) is 1. The van der Waals surface area contributed by atoms with Gasteiger partial charge in [-0.1, -0.05) is 30.3 Å². The molecule has 0 radical (unpaired) electrons. The maximum absolute atomic E-state index is 5.72. The van der Waals surface area contributed by atoms with Gasteiger partial charge < -0.3 is 10.1 Å². The summed E-state index contributed by atoms with van der Waals surface area (Å²) in [6.07, 6.45) is 0.311. The fourth-order valence-corrected chi connectivity index (χ4v) is 2.72. The van der Waals surface area contributed by atoms with Crippen LogP contribution in [0.3, 0.4) is 0 Å². The van der Waals surface area contributed by atoms with E-state index >= 15 is 0 Å². The second-order valence-corrected chi connectivity index (χ2v) is 6.52. The van der Waals surface area contributed by atoms with Crippen LogP contribution in [0, 0.1) is 0 Å². The van der Waals surface area contributed by atoms with Crippen molar-refractivity contribution >= 4 is 0 Å². The van der Waals surface area contributed by atoms with E-state index in [9.17, 15) is 0 Å². The predicted octanol–water partition coefficient (Wildman–Crippen LogP) is 2.84. The molecule has 0 bridgehead atoms. The first-order chi connectivity index (χ1) is 9.49. The lowest BCUT2D eigenvalue weighted by atomic mass is 9.94. The minimum Gasteiger partial charge on any atom is -0.377 e. The van der Waals surface area contributed by atoms with Gasteiger partial charge in [-0.05, 0) is 33.3 Å². The Labute approximate surface area is 123 Å². The van der Waals surface area contributed by atoms with E-state index in [1.165, 1.54) is 5.56 Å². The van der Waals surface area contributed by atoms with Crippen LogP contribution in [0.4, 0.5) is 0 Å². The molecule has 1 unspecified atom stereocenters. The molecule has 3 heteroatoms. The van der Waals surface area contributed by atoms with Crippen molar-refractivity contribution < 1.29 is 4.74 Å². The number of hydrogen-bond acceptors (Lipinski definition) is 3. The summed E-state index contributed by atoms with van der Waals surface area (Å²) < 4.78 is 5.72. The van der Waals surface area contributed by atoms with Crippen LogP contribution in [-0.2, 0) is 4.74 Å². The summed E-state index contributed by atoms with van der Waals surface area (Å²) in [6.45, 7) is 12.6. The Kier molecular flexibility index (Phi) is 5.19. The second kappa shape index (κ2) is 6.70. The van der Waals surface area contributed by atoms with Gasteiger partial charge in [0.1, 0.15) is 0 Å². The van der Waals surface area contributed by atoms with Crippen molar-refractivity contribution in [3.8, 4) is 0 Å². The molecular weight excluding hydrogens is 248 g/mol. The van der Waals surface area contributed by atoms with Gasteiger partial charge in [-0.2, -0.15) is 0 Å². The fourth-order valence-electron chi connectivity index (χ4n) is 2.72. The average Bonchev–Trinajstić information content (AvgIpc) is 2.41. The third-order valence-electron chi connectivity index (χ3n) is 4.05. The van der Waals surface area contributed by atoms with E-state index in [-0.39, 0.29) is 5.54 Å². The number of benzene rings is 1. The Balaban J connectivity index is 1.97. The predicted molar refractivity (Wildman–Crippen MR) is 83.9 cm³/mol. The Morgan fingerprint density at radius 3 is 2.65 bits per heavy atom. The lowest BCUT2D eigenvalue weighted by Crippen LogP contribution is -2.59. The highest BCUT2D eigenvalue weighted by Gasteiger charge is 2.33. The van der Waals surface area contributed by atoms with Crippen molar-refractivity contribution in [2.75, 3.05) is 26.2 Å². The van der Waals surface area contributed by atoms with E-state index < -0.39 is 0 Å². The highest BCUT2D eigenvalue weighted by Crippen LogP contribution is 2.25. The first kappa shape index (κ1) is 15.5. The molecule has 3 nitrogen and oxygen atoms in total. The van der Waals surface area contributed by atoms with Crippen LogP contribution in [0.25, 0.3) is 0 Å². The number of piperazine rings is 1. The summed E-state index contributed by atoms with van der Waals surface area (Å²) in [6, 6.07) is 11.1. The molecule has 1 aliphatic rings. The van der Waals surface area contributed by atoms with E-state index in [4.69, 9.17) is 4.74 Å². The molecule has 2 rings (SSSR count). The van der Waals surface area contributed by atoms with Crippen LogP contribution >= 0.6 is 0 Å². The quantitative estimate of drug-likeness (QED) is 0.895. The minimum atomic E-state index is 0.186. The SMILES string of the molecule is CC(C)OCCN1CC(c2ccccc2)NCC1(C)C. The Hall–Kier alpha value is -0.900. The first-order valence-electron chi connectivity index (χ1n) is 7.64. The normalized spacial score (nSPS) is 23.1. The standard InChI is InChI=1S/C17H28N2O/c1-14(2)20-11-10-19-12-16(18-13-17(19,3)4)15-8-6-5-7-9-15/h5-9,14,16,18H,10-13H2,1-4H3. The van der Waals surface area contributed by atoms with Crippen LogP contribution in [0.15, 0.2) is 30.3 Å². The monoisotopic (exact) mass is 276 g/mol. The number of hydrogen-bond donors (Lipinski definition) is 1. The van der Waals surface area contributed by atoms with E-state index in [0.29, 0.717) is 12.1 Å². The van der Waals surface area contributed by atoms with Crippen molar-refractivity contribution in [1.29, 1.82) is 0 Å². The van der Waals surface area contributed by atoms with Gasteiger partial charge in [0, 0.05) is 31.2 Å². The summed E-state index contributed by atoms with van der Waals surface area (Å²) in [4.78, 5) is 2.55. The van der Waals surface area contributed by atoms with Gasteiger partial charge in [0.05, 0.1) is 12.7 Å². The summed E-state index contributed by atoms with van der Waals surface area (Å²) in [7, 11) is 0. The number of nitrogens with one attached hydrogen (secondary N) is 1. The zero-order valence-electron chi connectivity index (χ0n) is 13.2. The maximum atomic E-state index is 5.72. The second-order valence-electron chi connectivity index (χ2n) is 6.52. The summed E-state index contributed by atoms with van der Waals surface area (Å²) in [5, 5.41) is 3.67. The molecule has 20 heavy (non-hydrogen) atoms. The maximum Gasteiger partial charge on any atom is 0.0597 e. The van der Waals surface area contributed by atoms with Gasteiger partial charge in [-0.3, -0.25) is 4.90 Å². The molecule has 1 aliphatic heterocycles. The number of nitrogens with zero attached hydrogens (tertiary/aromatic N) is 1. The molecule has 0 aliphatic carbocycles. The molecule has 0 aromatic heterocycles. The molecule has 0 saturated carbocycles. The highest BCUT2D eigenvalue weighted by molar-refractivity contribution is 5.20. The average molecular weight is 276 g/mol. The molecule has 1 saturated heterocycles. The molecule has 1 heterocycles. The van der Waals surface area contributed by atoms with Gasteiger partial charge in [0.2, 0.25) is 0 Å². The van der Waals surface area contributed by atoms with Crippen LogP contribution in [-0.4, -0.2) is 42.8 Å². The zero-order chi connectivity index (χ0) is 14.6. The lowest BCUT2D eigenvalue weighted by Gasteiger charge is -2.46.